The Morgan fingerprint density at radius 1 is 0.816 bits per heavy atom. The number of rotatable bonds is 6. The Kier molecular flexibility index (Phi) is 8.06. The van der Waals surface area contributed by atoms with Crippen LogP contribution in [0.25, 0.3) is 0 Å². The van der Waals surface area contributed by atoms with E-state index in [1.165, 1.54) is 33.6 Å². The summed E-state index contributed by atoms with van der Waals surface area (Å²) in [5.74, 6) is 0.547. The molecule has 196 valence electrons. The molecule has 0 saturated heterocycles. The third-order valence-electron chi connectivity index (χ3n) is 7.88. The maximum Gasteiger partial charge on any atom is 0.0677 e. The molecule has 2 aliphatic heterocycles. The highest BCUT2D eigenvalue weighted by molar-refractivity contribution is 6.17. The molecule has 0 N–H and O–H groups in total. The normalized spacial score (nSPS) is 18.1. The van der Waals surface area contributed by atoms with Crippen LogP contribution >= 0.6 is 24.0 Å². The van der Waals surface area contributed by atoms with Crippen molar-refractivity contribution < 1.29 is 0 Å². The zero-order chi connectivity index (χ0) is 26.2. The number of nitrogens with zero attached hydrogens (tertiary/aromatic N) is 2. The van der Waals surface area contributed by atoms with Crippen LogP contribution in [0.5, 0.6) is 0 Å². The number of likely N-dealkylation sites (N-methyl/N-ethyl adjacent to an activating group) is 1. The molecule has 3 aromatic carbocycles. The van der Waals surface area contributed by atoms with Crippen LogP contribution in [0.3, 0.4) is 0 Å². The van der Waals surface area contributed by atoms with E-state index in [1.54, 1.807) is 0 Å². The van der Waals surface area contributed by atoms with E-state index in [0.717, 1.165) is 23.4 Å². The summed E-state index contributed by atoms with van der Waals surface area (Å²) in [6.07, 6.45) is 11.6. The van der Waals surface area contributed by atoms with Crippen molar-refractivity contribution in [3.05, 3.63) is 131 Å². The van der Waals surface area contributed by atoms with Gasteiger partial charge >= 0.3 is 0 Å². The lowest BCUT2D eigenvalue weighted by Crippen LogP contribution is -2.25. The molecule has 38 heavy (non-hydrogen) atoms. The fourth-order valence-corrected chi connectivity index (χ4v) is 6.00. The molecule has 0 saturated carbocycles. The van der Waals surface area contributed by atoms with Crippen molar-refractivity contribution >= 4 is 41.1 Å². The Bertz CT molecular complexity index is 1440. The molecule has 0 bridgehead atoms. The standard InChI is InChI=1S/C34H35ClN2.ClH/c1-33(2)27-13-9-10-15-29(27)37(5)31(33)17-8-6-7-16-30-34(3,4)32-26(12-11-14-28(32)36-30)22-24-18-20-25(23-35)21-19-24;/h6-21H,22-23H2,1-5H3;1H. The molecule has 4 heteroatoms. The van der Waals surface area contributed by atoms with Gasteiger partial charge in [0.1, 0.15) is 0 Å². The molecule has 3 aromatic rings. The van der Waals surface area contributed by atoms with E-state index in [-0.39, 0.29) is 23.2 Å². The number of allylic oxidation sites excluding steroid dienone is 6. The molecule has 2 nitrogen and oxygen atoms in total. The van der Waals surface area contributed by atoms with E-state index < -0.39 is 0 Å². The molecule has 0 spiro atoms. The second kappa shape index (κ2) is 11.0. The van der Waals surface area contributed by atoms with E-state index in [1.807, 2.05) is 0 Å². The molecule has 0 atom stereocenters. The second-order valence-electron chi connectivity index (χ2n) is 11.1. The van der Waals surface area contributed by atoms with E-state index in [9.17, 15) is 0 Å². The van der Waals surface area contributed by atoms with Crippen molar-refractivity contribution in [1.29, 1.82) is 0 Å². The van der Waals surface area contributed by atoms with Gasteiger partial charge < -0.3 is 4.90 Å². The molecular formula is C34H36Cl2N2. The molecule has 0 aliphatic carbocycles. The molecule has 0 aromatic heterocycles. The summed E-state index contributed by atoms with van der Waals surface area (Å²) in [6, 6.07) is 23.8. The third-order valence-corrected chi connectivity index (χ3v) is 8.19. The van der Waals surface area contributed by atoms with Gasteiger partial charge in [-0.05, 0) is 58.5 Å². The Balaban J connectivity index is 0.00000336. The molecular weight excluding hydrogens is 507 g/mol. The number of hydrogen-bond donors (Lipinski definition) is 0. The van der Waals surface area contributed by atoms with Crippen molar-refractivity contribution in [2.24, 2.45) is 4.99 Å². The van der Waals surface area contributed by atoms with E-state index in [4.69, 9.17) is 16.6 Å². The quantitative estimate of drug-likeness (QED) is 0.224. The van der Waals surface area contributed by atoms with Crippen LogP contribution in [0.15, 0.2) is 108 Å². The maximum atomic E-state index is 5.97. The number of aliphatic imine (C=N–C) groups is 1. The van der Waals surface area contributed by atoms with Gasteiger partial charge in [0.2, 0.25) is 0 Å². The van der Waals surface area contributed by atoms with Crippen LogP contribution in [0.2, 0.25) is 0 Å². The van der Waals surface area contributed by atoms with Crippen LogP contribution in [-0.2, 0) is 23.1 Å². The Labute approximate surface area is 238 Å². The summed E-state index contributed by atoms with van der Waals surface area (Å²) in [7, 11) is 2.15. The van der Waals surface area contributed by atoms with Gasteiger partial charge in [-0.25, -0.2) is 0 Å². The van der Waals surface area contributed by atoms with Crippen molar-refractivity contribution in [3.63, 3.8) is 0 Å². The number of para-hydroxylation sites is 1. The SMILES string of the molecule is CN1C(=CC=CC=CC2=Nc3cccc(Cc4ccc(CCl)cc4)c3C2(C)C)C(C)(C)c2ccccc21.Cl. The molecule has 0 radical (unpaired) electrons. The maximum absolute atomic E-state index is 5.97. The molecule has 0 amide bonds. The lowest BCUT2D eigenvalue weighted by atomic mass is 9.78. The number of fused-ring (bicyclic) bond motifs is 2. The average Bonchev–Trinajstić information content (AvgIpc) is 3.26. The van der Waals surface area contributed by atoms with Gasteiger partial charge in [0.15, 0.2) is 0 Å². The molecule has 0 unspecified atom stereocenters. The van der Waals surface area contributed by atoms with Gasteiger partial charge in [-0.2, -0.15) is 0 Å². The average molecular weight is 544 g/mol. The Morgan fingerprint density at radius 3 is 2.24 bits per heavy atom. The lowest BCUT2D eigenvalue weighted by Gasteiger charge is -2.24. The number of anilines is 1. The van der Waals surface area contributed by atoms with Crippen LogP contribution in [0.1, 0.15) is 55.5 Å². The summed E-state index contributed by atoms with van der Waals surface area (Å²) < 4.78 is 0. The monoisotopic (exact) mass is 542 g/mol. The fourth-order valence-electron chi connectivity index (χ4n) is 5.82. The molecule has 5 rings (SSSR count). The van der Waals surface area contributed by atoms with Gasteiger partial charge in [-0.15, -0.1) is 24.0 Å². The topological polar surface area (TPSA) is 15.6 Å². The van der Waals surface area contributed by atoms with Gasteiger partial charge in [-0.3, -0.25) is 4.99 Å². The van der Waals surface area contributed by atoms with Crippen LogP contribution in [0.4, 0.5) is 11.4 Å². The lowest BCUT2D eigenvalue weighted by molar-refractivity contribution is 0.640. The zero-order valence-electron chi connectivity index (χ0n) is 22.8. The highest BCUT2D eigenvalue weighted by Gasteiger charge is 2.38. The van der Waals surface area contributed by atoms with E-state index in [2.05, 4.69) is 137 Å². The fraction of sp³-hybridized carbons (Fsp3) is 0.265. The zero-order valence-corrected chi connectivity index (χ0v) is 24.4. The van der Waals surface area contributed by atoms with Crippen molar-refractivity contribution in [2.75, 3.05) is 11.9 Å². The minimum absolute atomic E-state index is 0. The minimum atomic E-state index is -0.153. The predicted octanol–water partition coefficient (Wildman–Crippen LogP) is 9.23. The molecule has 2 aliphatic rings. The number of benzene rings is 3. The first kappa shape index (κ1) is 28.0. The summed E-state index contributed by atoms with van der Waals surface area (Å²) in [6.45, 7) is 9.14. The van der Waals surface area contributed by atoms with Gasteiger partial charge in [-0.1, -0.05) is 101 Å². The summed E-state index contributed by atoms with van der Waals surface area (Å²) >= 11 is 5.97. The summed E-state index contributed by atoms with van der Waals surface area (Å²) in [5, 5.41) is 0. The second-order valence-corrected chi connectivity index (χ2v) is 11.3. The van der Waals surface area contributed by atoms with Gasteiger partial charge in [0.05, 0.1) is 11.4 Å². The summed E-state index contributed by atoms with van der Waals surface area (Å²) in [5.41, 5.74) is 11.1. The first-order valence-corrected chi connectivity index (χ1v) is 13.5. The van der Waals surface area contributed by atoms with Crippen LogP contribution < -0.4 is 4.90 Å². The van der Waals surface area contributed by atoms with Crippen molar-refractivity contribution in [2.45, 2.75) is 50.8 Å². The van der Waals surface area contributed by atoms with E-state index >= 15 is 0 Å². The van der Waals surface area contributed by atoms with E-state index in [0.29, 0.717) is 5.88 Å². The highest BCUT2D eigenvalue weighted by Crippen LogP contribution is 2.46. The van der Waals surface area contributed by atoms with Crippen LogP contribution in [0, 0.1) is 0 Å². The van der Waals surface area contributed by atoms with Gasteiger partial charge in [0, 0.05) is 35.1 Å². The first-order valence-electron chi connectivity index (χ1n) is 13.0. The van der Waals surface area contributed by atoms with Gasteiger partial charge in [0.25, 0.3) is 0 Å². The number of halogens is 2. The number of hydrogen-bond acceptors (Lipinski definition) is 2. The predicted molar refractivity (Wildman–Crippen MR) is 167 cm³/mol. The Morgan fingerprint density at radius 2 is 1.53 bits per heavy atom. The highest BCUT2D eigenvalue weighted by atomic mass is 35.5. The molecule has 2 heterocycles. The smallest absolute Gasteiger partial charge is 0.0677 e. The first-order chi connectivity index (χ1) is 17.7. The summed E-state index contributed by atoms with van der Waals surface area (Å²) in [4.78, 5) is 7.33. The van der Waals surface area contributed by atoms with Crippen molar-refractivity contribution in [3.8, 4) is 0 Å². The van der Waals surface area contributed by atoms with Crippen LogP contribution in [-0.4, -0.2) is 12.8 Å². The van der Waals surface area contributed by atoms with Crippen molar-refractivity contribution in [1.82, 2.24) is 0 Å². The third kappa shape index (κ3) is 5.00. The minimum Gasteiger partial charge on any atom is -0.347 e. The number of alkyl halides is 1. The molecule has 0 fully saturated rings. The Hall–Kier alpha value is -3.07. The largest absolute Gasteiger partial charge is 0.347 e.